The fraction of sp³-hybridized carbons (Fsp3) is 0.333. The first kappa shape index (κ1) is 16.8. The molecule has 2 rings (SSSR count). The van der Waals surface area contributed by atoms with Crippen LogP contribution in [-0.4, -0.2) is 24.1 Å². The van der Waals surface area contributed by atoms with Crippen LogP contribution in [0.25, 0.3) is 0 Å². The summed E-state index contributed by atoms with van der Waals surface area (Å²) in [5.41, 5.74) is 1.54. The van der Waals surface area contributed by atoms with Crippen LogP contribution < -0.4 is 14.8 Å². The number of aryl methyl sites for hydroxylation is 1. The van der Waals surface area contributed by atoms with Gasteiger partial charge in [-0.25, -0.2) is 4.98 Å². The number of ether oxygens (including phenoxy) is 2. The summed E-state index contributed by atoms with van der Waals surface area (Å²) < 4.78 is 11.2. The summed E-state index contributed by atoms with van der Waals surface area (Å²) >= 11 is 0. The number of amides is 1. The van der Waals surface area contributed by atoms with Gasteiger partial charge in [-0.1, -0.05) is 13.0 Å². The van der Waals surface area contributed by atoms with Crippen LogP contribution in [0.3, 0.4) is 0 Å². The molecule has 0 spiro atoms. The van der Waals surface area contributed by atoms with E-state index >= 15 is 0 Å². The third-order valence-electron chi connectivity index (χ3n) is 3.12. The molecule has 1 aromatic heterocycles. The zero-order valence-corrected chi connectivity index (χ0v) is 13.8. The Hall–Kier alpha value is -2.56. The summed E-state index contributed by atoms with van der Waals surface area (Å²) in [5, 5.41) is 2.77. The van der Waals surface area contributed by atoms with E-state index in [9.17, 15) is 4.79 Å². The van der Waals surface area contributed by atoms with Crippen molar-refractivity contribution >= 4 is 11.7 Å². The van der Waals surface area contributed by atoms with Gasteiger partial charge in [0.25, 0.3) is 5.91 Å². The Morgan fingerprint density at radius 3 is 2.61 bits per heavy atom. The molecule has 122 valence electrons. The molecule has 0 radical (unpaired) electrons. The zero-order valence-electron chi connectivity index (χ0n) is 13.8. The molecular formula is C18H22N2O3. The topological polar surface area (TPSA) is 60.5 Å². The van der Waals surface area contributed by atoms with E-state index < -0.39 is 0 Å². The number of carbonyl (C=O) groups is 1. The van der Waals surface area contributed by atoms with Gasteiger partial charge in [0.1, 0.15) is 5.82 Å². The standard InChI is InChI=1S/C18H22N2O3/c1-4-10-23-15-8-7-14(11-16(15)22-5-2)18(21)20-17-9-6-13(3)12-19-17/h6-9,11-12H,4-5,10H2,1-3H3,(H,19,20,21). The second-order valence-electron chi connectivity index (χ2n) is 5.12. The lowest BCUT2D eigenvalue weighted by molar-refractivity contribution is 0.102. The second kappa shape index (κ2) is 8.17. The number of carbonyl (C=O) groups excluding carboxylic acids is 1. The average molecular weight is 314 g/mol. The SMILES string of the molecule is CCCOc1ccc(C(=O)Nc2ccc(C)cn2)cc1OCC. The first-order valence-corrected chi connectivity index (χ1v) is 7.77. The minimum Gasteiger partial charge on any atom is -0.490 e. The Bertz CT molecular complexity index is 654. The van der Waals surface area contributed by atoms with Gasteiger partial charge in [0, 0.05) is 11.8 Å². The predicted molar refractivity (Wildman–Crippen MR) is 90.3 cm³/mol. The van der Waals surface area contributed by atoms with E-state index in [2.05, 4.69) is 10.3 Å². The maximum Gasteiger partial charge on any atom is 0.256 e. The summed E-state index contributed by atoms with van der Waals surface area (Å²) in [7, 11) is 0. The smallest absolute Gasteiger partial charge is 0.256 e. The molecule has 2 aromatic rings. The predicted octanol–water partition coefficient (Wildman–Crippen LogP) is 3.83. The van der Waals surface area contributed by atoms with Gasteiger partial charge < -0.3 is 14.8 Å². The highest BCUT2D eigenvalue weighted by molar-refractivity contribution is 6.04. The zero-order chi connectivity index (χ0) is 16.7. The molecule has 0 aliphatic carbocycles. The molecular weight excluding hydrogens is 292 g/mol. The Labute approximate surface area is 136 Å². The van der Waals surface area contributed by atoms with Crippen LogP contribution >= 0.6 is 0 Å². The minimum absolute atomic E-state index is 0.232. The van der Waals surface area contributed by atoms with Crippen LogP contribution in [0.15, 0.2) is 36.5 Å². The van der Waals surface area contributed by atoms with E-state index in [1.165, 1.54) is 0 Å². The highest BCUT2D eigenvalue weighted by Gasteiger charge is 2.12. The van der Waals surface area contributed by atoms with E-state index in [0.717, 1.165) is 12.0 Å². The minimum atomic E-state index is -0.232. The Kier molecular flexibility index (Phi) is 5.97. The first-order chi connectivity index (χ1) is 11.1. The molecule has 0 bridgehead atoms. The molecule has 0 fully saturated rings. The van der Waals surface area contributed by atoms with E-state index in [4.69, 9.17) is 9.47 Å². The van der Waals surface area contributed by atoms with Gasteiger partial charge in [-0.05, 0) is 50.1 Å². The number of aromatic nitrogens is 1. The normalized spacial score (nSPS) is 10.2. The van der Waals surface area contributed by atoms with Crippen LogP contribution in [0.5, 0.6) is 11.5 Å². The number of hydrogen-bond donors (Lipinski definition) is 1. The lowest BCUT2D eigenvalue weighted by Crippen LogP contribution is -2.13. The third kappa shape index (κ3) is 4.71. The van der Waals surface area contributed by atoms with Gasteiger partial charge in [-0.3, -0.25) is 4.79 Å². The second-order valence-corrected chi connectivity index (χ2v) is 5.12. The van der Waals surface area contributed by atoms with E-state index in [1.54, 1.807) is 30.5 Å². The Morgan fingerprint density at radius 2 is 1.96 bits per heavy atom. The monoisotopic (exact) mass is 314 g/mol. The fourth-order valence-electron chi connectivity index (χ4n) is 1.98. The summed E-state index contributed by atoms with van der Waals surface area (Å²) in [5.74, 6) is 1.51. The average Bonchev–Trinajstić information content (AvgIpc) is 2.56. The van der Waals surface area contributed by atoms with Gasteiger partial charge in [-0.2, -0.15) is 0 Å². The molecule has 23 heavy (non-hydrogen) atoms. The third-order valence-corrected chi connectivity index (χ3v) is 3.12. The molecule has 0 atom stereocenters. The van der Waals surface area contributed by atoms with Gasteiger partial charge in [0.05, 0.1) is 13.2 Å². The molecule has 1 amide bonds. The molecule has 1 aromatic carbocycles. The molecule has 1 N–H and O–H groups in total. The van der Waals surface area contributed by atoms with Crippen molar-refractivity contribution in [1.82, 2.24) is 4.98 Å². The van der Waals surface area contributed by atoms with Crippen molar-refractivity contribution in [2.24, 2.45) is 0 Å². The van der Waals surface area contributed by atoms with Crippen LogP contribution in [-0.2, 0) is 0 Å². The number of nitrogens with one attached hydrogen (secondary N) is 1. The molecule has 0 aliphatic rings. The van der Waals surface area contributed by atoms with Gasteiger partial charge in [-0.15, -0.1) is 0 Å². The van der Waals surface area contributed by atoms with E-state index in [-0.39, 0.29) is 5.91 Å². The number of rotatable bonds is 7. The molecule has 1 heterocycles. The highest BCUT2D eigenvalue weighted by Crippen LogP contribution is 2.29. The van der Waals surface area contributed by atoms with Crippen molar-refractivity contribution in [1.29, 1.82) is 0 Å². The van der Waals surface area contributed by atoms with Crippen molar-refractivity contribution in [2.75, 3.05) is 18.5 Å². The van der Waals surface area contributed by atoms with Gasteiger partial charge in [0.15, 0.2) is 11.5 Å². The first-order valence-electron chi connectivity index (χ1n) is 7.77. The summed E-state index contributed by atoms with van der Waals surface area (Å²) in [6.45, 7) is 7.00. The molecule has 0 saturated heterocycles. The van der Waals surface area contributed by atoms with Crippen molar-refractivity contribution in [3.63, 3.8) is 0 Å². The number of pyridine rings is 1. The largest absolute Gasteiger partial charge is 0.490 e. The lowest BCUT2D eigenvalue weighted by Gasteiger charge is -2.13. The molecule has 5 nitrogen and oxygen atoms in total. The summed E-state index contributed by atoms with van der Waals surface area (Å²) in [6.07, 6.45) is 2.62. The van der Waals surface area contributed by atoms with Crippen molar-refractivity contribution in [3.8, 4) is 11.5 Å². The van der Waals surface area contributed by atoms with Crippen LogP contribution in [0, 0.1) is 6.92 Å². The number of hydrogen-bond acceptors (Lipinski definition) is 4. The van der Waals surface area contributed by atoms with Crippen LogP contribution in [0.1, 0.15) is 36.2 Å². The maximum absolute atomic E-state index is 12.3. The summed E-state index contributed by atoms with van der Waals surface area (Å²) in [6, 6.07) is 8.85. The number of benzene rings is 1. The fourth-order valence-corrected chi connectivity index (χ4v) is 1.98. The van der Waals surface area contributed by atoms with Gasteiger partial charge >= 0.3 is 0 Å². The Morgan fingerprint density at radius 1 is 1.13 bits per heavy atom. The lowest BCUT2D eigenvalue weighted by atomic mass is 10.2. The summed E-state index contributed by atoms with van der Waals surface area (Å²) in [4.78, 5) is 16.5. The Balaban J connectivity index is 2.16. The number of anilines is 1. The van der Waals surface area contributed by atoms with E-state index in [1.807, 2.05) is 26.8 Å². The maximum atomic E-state index is 12.3. The molecule has 0 unspecified atom stereocenters. The van der Waals surface area contributed by atoms with Gasteiger partial charge in [0.2, 0.25) is 0 Å². The highest BCUT2D eigenvalue weighted by atomic mass is 16.5. The van der Waals surface area contributed by atoms with Crippen molar-refractivity contribution in [3.05, 3.63) is 47.7 Å². The van der Waals surface area contributed by atoms with E-state index in [0.29, 0.717) is 36.1 Å². The quantitative estimate of drug-likeness (QED) is 0.843. The van der Waals surface area contributed by atoms with Crippen molar-refractivity contribution < 1.29 is 14.3 Å². The number of nitrogens with zero attached hydrogens (tertiary/aromatic N) is 1. The van der Waals surface area contributed by atoms with Crippen LogP contribution in [0.2, 0.25) is 0 Å². The molecule has 5 heteroatoms. The molecule has 0 aliphatic heterocycles. The van der Waals surface area contributed by atoms with Crippen molar-refractivity contribution in [2.45, 2.75) is 27.2 Å². The molecule has 0 saturated carbocycles. The van der Waals surface area contributed by atoms with Crippen LogP contribution in [0.4, 0.5) is 5.82 Å².